The molecular formula is C34H43NO6S. The second-order valence-corrected chi connectivity index (χ2v) is 13.5. The summed E-state index contributed by atoms with van der Waals surface area (Å²) < 4.78 is 29.7. The van der Waals surface area contributed by atoms with Crippen molar-refractivity contribution in [2.45, 2.75) is 78.0 Å². The molecule has 0 radical (unpaired) electrons. The van der Waals surface area contributed by atoms with Crippen LogP contribution in [0.15, 0.2) is 66.7 Å². The van der Waals surface area contributed by atoms with E-state index in [2.05, 4.69) is 50.4 Å². The molecule has 2 atom stereocenters. The SMILES string of the molecule is CCCC[C@@H](OCc1ccc(C(=O)N[C@@H](CCS(C)(=O)=O)C(=O)O)c(-c2ccccc2C)c1)c1cccc(C(C)C)c1. The van der Waals surface area contributed by atoms with Gasteiger partial charge in [0.15, 0.2) is 0 Å². The zero-order valence-corrected chi connectivity index (χ0v) is 26.0. The maximum Gasteiger partial charge on any atom is 0.326 e. The fraction of sp³-hybridized carbons (Fsp3) is 0.412. The molecule has 0 aliphatic carbocycles. The van der Waals surface area contributed by atoms with Gasteiger partial charge < -0.3 is 15.2 Å². The van der Waals surface area contributed by atoms with Gasteiger partial charge in [0, 0.05) is 11.8 Å². The summed E-state index contributed by atoms with van der Waals surface area (Å²) in [7, 11) is -3.39. The van der Waals surface area contributed by atoms with Crippen LogP contribution >= 0.6 is 0 Å². The summed E-state index contributed by atoms with van der Waals surface area (Å²) in [5.74, 6) is -1.79. The van der Waals surface area contributed by atoms with Crippen LogP contribution in [0.25, 0.3) is 11.1 Å². The molecule has 1 amide bonds. The van der Waals surface area contributed by atoms with E-state index in [1.165, 1.54) is 5.56 Å². The summed E-state index contributed by atoms with van der Waals surface area (Å²) >= 11 is 0. The van der Waals surface area contributed by atoms with E-state index in [1.807, 2.05) is 43.3 Å². The number of benzene rings is 3. The van der Waals surface area contributed by atoms with E-state index in [-0.39, 0.29) is 18.3 Å². The van der Waals surface area contributed by atoms with Gasteiger partial charge >= 0.3 is 5.97 Å². The quantitative estimate of drug-likeness (QED) is 0.199. The lowest BCUT2D eigenvalue weighted by atomic mass is 9.93. The Morgan fingerprint density at radius 1 is 0.929 bits per heavy atom. The molecule has 226 valence electrons. The topological polar surface area (TPSA) is 110 Å². The first kappa shape index (κ1) is 33.0. The number of carboxylic acid groups (broad SMARTS) is 1. The molecule has 0 saturated heterocycles. The highest BCUT2D eigenvalue weighted by Gasteiger charge is 2.24. The number of aryl methyl sites for hydroxylation is 1. The number of amides is 1. The monoisotopic (exact) mass is 593 g/mol. The van der Waals surface area contributed by atoms with Crippen molar-refractivity contribution < 1.29 is 27.9 Å². The number of carbonyl (C=O) groups is 2. The first-order valence-corrected chi connectivity index (χ1v) is 16.6. The minimum atomic E-state index is -3.39. The van der Waals surface area contributed by atoms with E-state index < -0.39 is 27.8 Å². The van der Waals surface area contributed by atoms with E-state index in [0.717, 1.165) is 47.8 Å². The first-order chi connectivity index (χ1) is 19.9. The summed E-state index contributed by atoms with van der Waals surface area (Å²) in [6.07, 6.45) is 3.75. The van der Waals surface area contributed by atoms with Gasteiger partial charge in [0.05, 0.1) is 18.5 Å². The van der Waals surface area contributed by atoms with Crippen LogP contribution in [0, 0.1) is 6.92 Å². The third-order valence-corrected chi connectivity index (χ3v) is 8.34. The van der Waals surface area contributed by atoms with E-state index in [4.69, 9.17) is 4.74 Å². The van der Waals surface area contributed by atoms with Crippen molar-refractivity contribution in [3.63, 3.8) is 0 Å². The highest BCUT2D eigenvalue weighted by Crippen LogP contribution is 2.31. The molecule has 3 rings (SSSR count). The third kappa shape index (κ3) is 9.53. The maximum atomic E-state index is 13.4. The van der Waals surface area contributed by atoms with Crippen molar-refractivity contribution in [3.8, 4) is 11.1 Å². The van der Waals surface area contributed by atoms with Crippen LogP contribution in [0.5, 0.6) is 0 Å². The molecule has 3 aromatic carbocycles. The zero-order valence-electron chi connectivity index (χ0n) is 25.2. The molecule has 3 aromatic rings. The van der Waals surface area contributed by atoms with Gasteiger partial charge in [-0.1, -0.05) is 88.2 Å². The Hall–Kier alpha value is -3.49. The standard InChI is InChI=1S/C34H43NO6S/c1-6-7-15-32(27-13-10-12-26(21-27)23(2)3)41-22-25-16-17-29(30(20-25)28-14-9-8-11-24(28)4)33(36)35-31(34(37)38)18-19-42(5,39)40/h8-14,16-17,20-21,23,31-32H,6-7,15,18-19,22H2,1-5H3,(H,35,36)(H,37,38)/t31-,32+/m0/s1. The normalized spacial score (nSPS) is 13.1. The molecule has 8 heteroatoms. The number of unbranched alkanes of at least 4 members (excludes halogenated alkanes) is 1. The number of aliphatic carboxylic acids is 1. The van der Waals surface area contributed by atoms with Crippen molar-refractivity contribution in [1.82, 2.24) is 5.32 Å². The van der Waals surface area contributed by atoms with Crippen molar-refractivity contribution in [2.75, 3.05) is 12.0 Å². The van der Waals surface area contributed by atoms with Gasteiger partial charge in [-0.3, -0.25) is 4.79 Å². The molecule has 2 N–H and O–H groups in total. The van der Waals surface area contributed by atoms with Gasteiger partial charge in [0.25, 0.3) is 5.91 Å². The number of nitrogens with one attached hydrogen (secondary N) is 1. The van der Waals surface area contributed by atoms with Crippen molar-refractivity contribution >= 4 is 21.7 Å². The Morgan fingerprint density at radius 3 is 2.29 bits per heavy atom. The van der Waals surface area contributed by atoms with Crippen LogP contribution in [0.3, 0.4) is 0 Å². The molecule has 0 spiro atoms. The lowest BCUT2D eigenvalue weighted by Crippen LogP contribution is -2.42. The van der Waals surface area contributed by atoms with Crippen LogP contribution in [0.2, 0.25) is 0 Å². The highest BCUT2D eigenvalue weighted by atomic mass is 32.2. The second-order valence-electron chi connectivity index (χ2n) is 11.2. The molecule has 0 bridgehead atoms. The molecule has 0 fully saturated rings. The second kappa shape index (κ2) is 15.1. The third-order valence-electron chi connectivity index (χ3n) is 7.36. The Bertz CT molecular complexity index is 1480. The van der Waals surface area contributed by atoms with Gasteiger partial charge in [-0.2, -0.15) is 0 Å². The largest absolute Gasteiger partial charge is 0.480 e. The Balaban J connectivity index is 1.92. The fourth-order valence-corrected chi connectivity index (χ4v) is 5.52. The van der Waals surface area contributed by atoms with Crippen LogP contribution in [0.1, 0.15) is 91.1 Å². The van der Waals surface area contributed by atoms with Gasteiger partial charge in [0.1, 0.15) is 15.9 Å². The van der Waals surface area contributed by atoms with Crippen LogP contribution in [-0.4, -0.2) is 43.5 Å². The van der Waals surface area contributed by atoms with Crippen molar-refractivity contribution in [3.05, 3.63) is 94.5 Å². The van der Waals surface area contributed by atoms with E-state index in [0.29, 0.717) is 23.7 Å². The molecule has 0 aromatic heterocycles. The lowest BCUT2D eigenvalue weighted by molar-refractivity contribution is -0.139. The van der Waals surface area contributed by atoms with Crippen molar-refractivity contribution in [1.29, 1.82) is 0 Å². The van der Waals surface area contributed by atoms with Crippen LogP contribution < -0.4 is 5.32 Å². The molecule has 0 unspecified atom stereocenters. The molecule has 0 aliphatic rings. The molecule has 0 saturated carbocycles. The van der Waals surface area contributed by atoms with Crippen LogP contribution in [0.4, 0.5) is 0 Å². The average Bonchev–Trinajstić information content (AvgIpc) is 2.94. The number of sulfone groups is 1. The minimum Gasteiger partial charge on any atom is -0.480 e. The summed E-state index contributed by atoms with van der Waals surface area (Å²) in [6, 6.07) is 20.3. The van der Waals surface area contributed by atoms with E-state index in [9.17, 15) is 23.1 Å². The molecule has 42 heavy (non-hydrogen) atoms. The average molecular weight is 594 g/mol. The number of carboxylic acids is 1. The number of carbonyl (C=O) groups excluding carboxylic acids is 1. The Morgan fingerprint density at radius 2 is 1.64 bits per heavy atom. The maximum absolute atomic E-state index is 13.4. The number of hydrogen-bond acceptors (Lipinski definition) is 5. The summed E-state index contributed by atoms with van der Waals surface area (Å²) in [4.78, 5) is 25.2. The molecular weight excluding hydrogens is 550 g/mol. The van der Waals surface area contributed by atoms with Gasteiger partial charge in [-0.25, -0.2) is 13.2 Å². The number of rotatable bonds is 15. The van der Waals surface area contributed by atoms with Crippen LogP contribution in [-0.2, 0) is 26.0 Å². The zero-order chi connectivity index (χ0) is 30.9. The lowest BCUT2D eigenvalue weighted by Gasteiger charge is -2.21. The summed E-state index contributed by atoms with van der Waals surface area (Å²) in [5.41, 5.74) is 6.09. The summed E-state index contributed by atoms with van der Waals surface area (Å²) in [5, 5.41) is 12.2. The van der Waals surface area contributed by atoms with Gasteiger partial charge in [-0.05, 0) is 71.2 Å². The molecule has 0 heterocycles. The summed E-state index contributed by atoms with van der Waals surface area (Å²) in [6.45, 7) is 8.81. The van der Waals surface area contributed by atoms with E-state index >= 15 is 0 Å². The predicted molar refractivity (Wildman–Crippen MR) is 167 cm³/mol. The Kier molecular flexibility index (Phi) is 11.9. The first-order valence-electron chi connectivity index (χ1n) is 14.5. The molecule has 7 nitrogen and oxygen atoms in total. The molecule has 0 aliphatic heterocycles. The number of hydrogen-bond donors (Lipinski definition) is 2. The Labute approximate surface area is 250 Å². The van der Waals surface area contributed by atoms with E-state index in [1.54, 1.807) is 6.07 Å². The van der Waals surface area contributed by atoms with Gasteiger partial charge in [0.2, 0.25) is 0 Å². The van der Waals surface area contributed by atoms with Gasteiger partial charge in [-0.15, -0.1) is 0 Å². The highest BCUT2D eigenvalue weighted by molar-refractivity contribution is 7.90. The van der Waals surface area contributed by atoms with Crippen molar-refractivity contribution in [2.24, 2.45) is 0 Å². The smallest absolute Gasteiger partial charge is 0.326 e. The predicted octanol–water partition coefficient (Wildman–Crippen LogP) is 6.85. The minimum absolute atomic E-state index is 0.0697. The fourth-order valence-electron chi connectivity index (χ4n) is 4.85. The number of ether oxygens (including phenoxy) is 1.